The summed E-state index contributed by atoms with van der Waals surface area (Å²) >= 11 is 0. The first-order valence-corrected chi connectivity index (χ1v) is 12.3. The molecule has 2 aliphatic rings. The average molecular weight is 551 g/mol. The lowest BCUT2D eigenvalue weighted by atomic mass is 9.96. The molecule has 170 valence electrons. The molecule has 0 atom stereocenters. The summed E-state index contributed by atoms with van der Waals surface area (Å²) in [6.07, 6.45) is 6.09. The van der Waals surface area contributed by atoms with Gasteiger partial charge in [0, 0.05) is 38.3 Å². The van der Waals surface area contributed by atoms with Gasteiger partial charge < -0.3 is 15.4 Å². The molecule has 1 aliphatic heterocycles. The van der Waals surface area contributed by atoms with E-state index in [0.29, 0.717) is 32.2 Å². The summed E-state index contributed by atoms with van der Waals surface area (Å²) in [4.78, 5) is 4.33. The highest BCUT2D eigenvalue weighted by atomic mass is 127. The fraction of sp³-hybridized carbons (Fsp3) is 0.667. The molecule has 0 unspecified atom stereocenters. The van der Waals surface area contributed by atoms with Gasteiger partial charge in [-0.15, -0.1) is 24.0 Å². The molecule has 1 aliphatic carbocycles. The molecule has 1 heterocycles. The van der Waals surface area contributed by atoms with E-state index >= 15 is 0 Å². The normalized spacial score (nSPS) is 18.9. The van der Waals surface area contributed by atoms with Crippen molar-refractivity contribution < 1.29 is 13.2 Å². The van der Waals surface area contributed by atoms with E-state index in [4.69, 9.17) is 4.74 Å². The SMILES string of the molecule is CCCS(=O)(=O)N1CCC(NC(=NC)NCc2ccccc2OC2CCC2)CC1.I. The number of sulfonamides is 1. The smallest absolute Gasteiger partial charge is 0.214 e. The number of nitrogens with one attached hydrogen (secondary N) is 2. The predicted octanol–water partition coefficient (Wildman–Crippen LogP) is 3.11. The molecular formula is C21H35IN4O3S. The Morgan fingerprint density at radius 2 is 1.90 bits per heavy atom. The van der Waals surface area contributed by atoms with Crippen LogP contribution < -0.4 is 15.4 Å². The van der Waals surface area contributed by atoms with Crippen molar-refractivity contribution in [1.29, 1.82) is 0 Å². The van der Waals surface area contributed by atoms with Crippen molar-refractivity contribution in [3.8, 4) is 5.75 Å². The number of hydrogen-bond donors (Lipinski definition) is 2. The predicted molar refractivity (Wildman–Crippen MR) is 132 cm³/mol. The molecule has 0 radical (unpaired) electrons. The lowest BCUT2D eigenvalue weighted by Crippen LogP contribution is -2.49. The van der Waals surface area contributed by atoms with Crippen LogP contribution in [-0.4, -0.2) is 56.7 Å². The van der Waals surface area contributed by atoms with Crippen LogP contribution in [0.1, 0.15) is 51.0 Å². The van der Waals surface area contributed by atoms with Crippen LogP contribution in [0.2, 0.25) is 0 Å². The molecule has 3 rings (SSSR count). The van der Waals surface area contributed by atoms with E-state index in [1.54, 1.807) is 11.4 Å². The Balaban J connectivity index is 0.00000320. The van der Waals surface area contributed by atoms with Crippen molar-refractivity contribution >= 4 is 40.0 Å². The number of hydrogen-bond acceptors (Lipinski definition) is 4. The van der Waals surface area contributed by atoms with Gasteiger partial charge >= 0.3 is 0 Å². The number of rotatable bonds is 8. The summed E-state index contributed by atoms with van der Waals surface area (Å²) in [6.45, 7) is 3.66. The molecule has 1 aromatic rings. The minimum atomic E-state index is -3.10. The number of ether oxygens (including phenoxy) is 1. The second-order valence-corrected chi connectivity index (χ2v) is 9.93. The Bertz CT molecular complexity index is 791. The first-order valence-electron chi connectivity index (χ1n) is 10.7. The third-order valence-corrected chi connectivity index (χ3v) is 7.71. The maximum Gasteiger partial charge on any atom is 0.214 e. The van der Waals surface area contributed by atoms with Gasteiger partial charge in [0.2, 0.25) is 10.0 Å². The number of guanidine groups is 1. The zero-order chi connectivity index (χ0) is 20.7. The Hall–Kier alpha value is -1.07. The summed E-state index contributed by atoms with van der Waals surface area (Å²) in [5, 5.41) is 6.81. The van der Waals surface area contributed by atoms with E-state index < -0.39 is 10.0 Å². The number of benzene rings is 1. The van der Waals surface area contributed by atoms with Crippen molar-refractivity contribution in [1.82, 2.24) is 14.9 Å². The topological polar surface area (TPSA) is 83.0 Å². The monoisotopic (exact) mass is 550 g/mol. The van der Waals surface area contributed by atoms with E-state index in [1.165, 1.54) is 6.42 Å². The highest BCUT2D eigenvalue weighted by Crippen LogP contribution is 2.27. The minimum Gasteiger partial charge on any atom is -0.490 e. The number of nitrogens with zero attached hydrogens (tertiary/aromatic N) is 2. The zero-order valence-electron chi connectivity index (χ0n) is 18.0. The van der Waals surface area contributed by atoms with Gasteiger partial charge in [-0.1, -0.05) is 25.1 Å². The van der Waals surface area contributed by atoms with Crippen LogP contribution in [-0.2, 0) is 16.6 Å². The number of para-hydroxylation sites is 1. The van der Waals surface area contributed by atoms with Crippen LogP contribution in [0.5, 0.6) is 5.75 Å². The lowest BCUT2D eigenvalue weighted by Gasteiger charge is -2.32. The first-order chi connectivity index (χ1) is 14.0. The largest absolute Gasteiger partial charge is 0.490 e. The zero-order valence-corrected chi connectivity index (χ0v) is 21.1. The third kappa shape index (κ3) is 6.98. The van der Waals surface area contributed by atoms with Gasteiger partial charge in [-0.2, -0.15) is 0 Å². The summed E-state index contributed by atoms with van der Waals surface area (Å²) in [6, 6.07) is 8.34. The van der Waals surface area contributed by atoms with Crippen LogP contribution in [0.4, 0.5) is 0 Å². The van der Waals surface area contributed by atoms with Crippen LogP contribution in [0.25, 0.3) is 0 Å². The lowest BCUT2D eigenvalue weighted by molar-refractivity contribution is 0.119. The van der Waals surface area contributed by atoms with Gasteiger partial charge in [0.15, 0.2) is 5.96 Å². The molecule has 30 heavy (non-hydrogen) atoms. The van der Waals surface area contributed by atoms with Crippen molar-refractivity contribution in [2.75, 3.05) is 25.9 Å². The quantitative estimate of drug-likeness (QED) is 0.296. The number of piperidine rings is 1. The van der Waals surface area contributed by atoms with E-state index in [2.05, 4.69) is 21.7 Å². The second-order valence-electron chi connectivity index (χ2n) is 7.84. The van der Waals surface area contributed by atoms with Crippen molar-refractivity contribution in [3.05, 3.63) is 29.8 Å². The molecule has 0 spiro atoms. The molecular weight excluding hydrogens is 515 g/mol. The standard InChI is InChI=1S/C21H34N4O3S.HI/c1-3-15-29(26,27)25-13-11-18(12-14-25)24-21(22-2)23-16-17-7-4-5-10-20(17)28-19-8-6-9-19;/h4-5,7,10,18-19H,3,6,8-9,11-16H2,1-2H3,(H2,22,23,24);1H. The molecule has 1 aromatic carbocycles. The van der Waals surface area contributed by atoms with Gasteiger partial charge in [-0.05, 0) is 44.6 Å². The molecule has 0 amide bonds. The van der Waals surface area contributed by atoms with Gasteiger partial charge in [0.05, 0.1) is 11.9 Å². The van der Waals surface area contributed by atoms with Crippen molar-refractivity contribution in [2.45, 2.75) is 64.1 Å². The summed E-state index contributed by atoms with van der Waals surface area (Å²) < 4.78 is 32.2. The number of aliphatic imine (C=N–C) groups is 1. The fourth-order valence-electron chi connectivity index (χ4n) is 3.67. The highest BCUT2D eigenvalue weighted by molar-refractivity contribution is 14.0. The Morgan fingerprint density at radius 3 is 2.50 bits per heavy atom. The summed E-state index contributed by atoms with van der Waals surface area (Å²) in [7, 11) is -1.35. The van der Waals surface area contributed by atoms with Crippen LogP contribution in [0.15, 0.2) is 29.3 Å². The van der Waals surface area contributed by atoms with Crippen LogP contribution in [0, 0.1) is 0 Å². The van der Waals surface area contributed by atoms with Crippen LogP contribution in [0.3, 0.4) is 0 Å². The van der Waals surface area contributed by atoms with E-state index in [0.717, 1.165) is 43.0 Å². The molecule has 1 saturated carbocycles. The molecule has 0 aromatic heterocycles. The summed E-state index contributed by atoms with van der Waals surface area (Å²) in [5.41, 5.74) is 1.11. The van der Waals surface area contributed by atoms with Crippen LogP contribution >= 0.6 is 24.0 Å². The molecule has 9 heteroatoms. The van der Waals surface area contributed by atoms with Gasteiger partial charge in [0.1, 0.15) is 5.75 Å². The third-order valence-electron chi connectivity index (χ3n) is 5.64. The number of halogens is 1. The fourth-order valence-corrected chi connectivity index (χ4v) is 5.21. The maximum atomic E-state index is 12.2. The van der Waals surface area contributed by atoms with E-state index in [-0.39, 0.29) is 35.8 Å². The molecule has 2 N–H and O–H groups in total. The maximum absolute atomic E-state index is 12.2. The van der Waals surface area contributed by atoms with Gasteiger partial charge in [0.25, 0.3) is 0 Å². The Labute approximate surface area is 198 Å². The molecule has 2 fully saturated rings. The van der Waals surface area contributed by atoms with E-state index in [1.807, 2.05) is 25.1 Å². The second kappa shape index (κ2) is 12.1. The Morgan fingerprint density at radius 1 is 1.20 bits per heavy atom. The summed E-state index contributed by atoms with van der Waals surface area (Å²) in [5.74, 6) is 1.91. The van der Waals surface area contributed by atoms with E-state index in [9.17, 15) is 8.42 Å². The van der Waals surface area contributed by atoms with Crippen molar-refractivity contribution in [3.63, 3.8) is 0 Å². The average Bonchev–Trinajstić information content (AvgIpc) is 2.69. The highest BCUT2D eigenvalue weighted by Gasteiger charge is 2.27. The molecule has 0 bridgehead atoms. The Kier molecular flexibility index (Phi) is 10.2. The first kappa shape index (κ1) is 25.2. The molecule has 1 saturated heterocycles. The molecule has 7 nitrogen and oxygen atoms in total. The minimum absolute atomic E-state index is 0. The van der Waals surface area contributed by atoms with Gasteiger partial charge in [-0.25, -0.2) is 12.7 Å². The van der Waals surface area contributed by atoms with Gasteiger partial charge in [-0.3, -0.25) is 4.99 Å². The van der Waals surface area contributed by atoms with Crippen molar-refractivity contribution in [2.24, 2.45) is 4.99 Å².